The normalized spacial score (nSPS) is 10.7. The standard InChI is InChI=1S/C11H5F5N2/c12-6-5(11-4(17)2-1-3-18-11)7(13)9(15)10(16)8(6)14/h1-3H,17H2. The Hall–Kier alpha value is -2.18. The molecule has 0 fully saturated rings. The molecule has 1 aromatic carbocycles. The first-order valence-corrected chi connectivity index (χ1v) is 4.67. The summed E-state index contributed by atoms with van der Waals surface area (Å²) < 4.78 is 65.7. The predicted octanol–water partition coefficient (Wildman–Crippen LogP) is 3.03. The van der Waals surface area contributed by atoms with E-state index < -0.39 is 40.3 Å². The minimum absolute atomic E-state index is 0.194. The molecule has 7 heteroatoms. The molecule has 2 N–H and O–H groups in total. The van der Waals surface area contributed by atoms with Crippen molar-refractivity contribution in [1.29, 1.82) is 0 Å². The quantitative estimate of drug-likeness (QED) is 0.486. The smallest absolute Gasteiger partial charge is 0.200 e. The lowest BCUT2D eigenvalue weighted by Gasteiger charge is -2.09. The zero-order chi connectivity index (χ0) is 13.4. The molecule has 0 aliphatic heterocycles. The highest BCUT2D eigenvalue weighted by molar-refractivity contribution is 5.73. The molecule has 0 saturated heterocycles. The van der Waals surface area contributed by atoms with E-state index >= 15 is 0 Å². The third-order valence-electron chi connectivity index (χ3n) is 2.29. The van der Waals surface area contributed by atoms with Crippen LogP contribution in [-0.4, -0.2) is 4.98 Å². The Kier molecular flexibility index (Phi) is 2.90. The Bertz CT molecular complexity index is 598. The second-order valence-electron chi connectivity index (χ2n) is 3.39. The molecular formula is C11H5F5N2. The van der Waals surface area contributed by atoms with Gasteiger partial charge in [0.2, 0.25) is 5.82 Å². The minimum Gasteiger partial charge on any atom is -0.397 e. The van der Waals surface area contributed by atoms with Crippen LogP contribution in [0.2, 0.25) is 0 Å². The van der Waals surface area contributed by atoms with Crippen LogP contribution in [0.5, 0.6) is 0 Å². The van der Waals surface area contributed by atoms with Crippen molar-refractivity contribution in [2.24, 2.45) is 0 Å². The van der Waals surface area contributed by atoms with Gasteiger partial charge in [-0.05, 0) is 12.1 Å². The third kappa shape index (κ3) is 1.68. The van der Waals surface area contributed by atoms with Gasteiger partial charge >= 0.3 is 0 Å². The second-order valence-corrected chi connectivity index (χ2v) is 3.39. The molecule has 94 valence electrons. The first kappa shape index (κ1) is 12.3. The number of halogens is 5. The van der Waals surface area contributed by atoms with Gasteiger partial charge in [-0.25, -0.2) is 22.0 Å². The van der Waals surface area contributed by atoms with Crippen LogP contribution in [0.3, 0.4) is 0 Å². The lowest BCUT2D eigenvalue weighted by molar-refractivity contribution is 0.381. The Balaban J connectivity index is 2.85. The van der Waals surface area contributed by atoms with E-state index in [0.29, 0.717) is 0 Å². The zero-order valence-electron chi connectivity index (χ0n) is 8.65. The van der Waals surface area contributed by atoms with Gasteiger partial charge in [-0.3, -0.25) is 4.98 Å². The molecule has 0 unspecified atom stereocenters. The highest BCUT2D eigenvalue weighted by Gasteiger charge is 2.28. The summed E-state index contributed by atoms with van der Waals surface area (Å²) in [6, 6.07) is 2.60. The molecule has 2 rings (SSSR count). The fourth-order valence-electron chi connectivity index (χ4n) is 1.44. The lowest BCUT2D eigenvalue weighted by atomic mass is 10.1. The van der Waals surface area contributed by atoms with Crippen LogP contribution in [0, 0.1) is 29.1 Å². The predicted molar refractivity (Wildman–Crippen MR) is 53.9 cm³/mol. The van der Waals surface area contributed by atoms with Gasteiger partial charge in [0.25, 0.3) is 0 Å². The van der Waals surface area contributed by atoms with Crippen LogP contribution in [-0.2, 0) is 0 Å². The summed E-state index contributed by atoms with van der Waals surface area (Å²) >= 11 is 0. The number of hydrogen-bond acceptors (Lipinski definition) is 2. The molecular weight excluding hydrogens is 255 g/mol. The van der Waals surface area contributed by atoms with Gasteiger partial charge in [0.15, 0.2) is 23.3 Å². The number of aromatic nitrogens is 1. The van der Waals surface area contributed by atoms with Crippen molar-refractivity contribution in [3.05, 3.63) is 47.4 Å². The Morgan fingerprint density at radius 3 is 1.83 bits per heavy atom. The fraction of sp³-hybridized carbons (Fsp3) is 0. The molecule has 2 aromatic rings. The number of nitrogens with two attached hydrogens (primary N) is 1. The van der Waals surface area contributed by atoms with Crippen molar-refractivity contribution in [2.45, 2.75) is 0 Å². The number of nitrogen functional groups attached to an aromatic ring is 1. The van der Waals surface area contributed by atoms with Crippen molar-refractivity contribution in [1.82, 2.24) is 4.98 Å². The molecule has 0 atom stereocenters. The molecule has 2 nitrogen and oxygen atoms in total. The number of anilines is 1. The van der Waals surface area contributed by atoms with Crippen molar-refractivity contribution < 1.29 is 22.0 Å². The van der Waals surface area contributed by atoms with Gasteiger partial charge < -0.3 is 5.73 Å². The largest absolute Gasteiger partial charge is 0.397 e. The number of rotatable bonds is 1. The van der Waals surface area contributed by atoms with Crippen molar-refractivity contribution in [3.8, 4) is 11.3 Å². The summed E-state index contributed by atoms with van der Waals surface area (Å²) in [5.41, 5.74) is 3.57. The molecule has 0 aliphatic carbocycles. The molecule has 0 aliphatic rings. The summed E-state index contributed by atoms with van der Waals surface area (Å²) in [7, 11) is 0. The average molecular weight is 260 g/mol. The molecule has 0 radical (unpaired) electrons. The number of nitrogens with zero attached hydrogens (tertiary/aromatic N) is 1. The maximum Gasteiger partial charge on any atom is 0.200 e. The zero-order valence-corrected chi connectivity index (χ0v) is 8.65. The summed E-state index contributed by atoms with van der Waals surface area (Å²) in [5.74, 6) is -10.2. The molecule has 0 amide bonds. The van der Waals surface area contributed by atoms with Crippen LogP contribution in [0.4, 0.5) is 27.6 Å². The monoisotopic (exact) mass is 260 g/mol. The van der Waals surface area contributed by atoms with E-state index in [0.717, 1.165) is 6.20 Å². The fourth-order valence-corrected chi connectivity index (χ4v) is 1.44. The van der Waals surface area contributed by atoms with Crippen LogP contribution in [0.1, 0.15) is 0 Å². The Labute approximate surface area is 97.9 Å². The van der Waals surface area contributed by atoms with Crippen LogP contribution >= 0.6 is 0 Å². The number of benzene rings is 1. The Morgan fingerprint density at radius 1 is 0.833 bits per heavy atom. The van der Waals surface area contributed by atoms with Crippen molar-refractivity contribution in [2.75, 3.05) is 5.73 Å². The molecule has 0 saturated carbocycles. The van der Waals surface area contributed by atoms with E-state index in [4.69, 9.17) is 5.73 Å². The number of pyridine rings is 1. The van der Waals surface area contributed by atoms with Crippen molar-refractivity contribution >= 4 is 5.69 Å². The molecule has 1 heterocycles. The van der Waals surface area contributed by atoms with Gasteiger partial charge in [0, 0.05) is 6.20 Å². The average Bonchev–Trinajstić information content (AvgIpc) is 2.36. The van der Waals surface area contributed by atoms with Crippen LogP contribution < -0.4 is 5.73 Å². The summed E-state index contributed by atoms with van der Waals surface area (Å²) in [4.78, 5) is 3.52. The second kappa shape index (κ2) is 4.25. The van der Waals surface area contributed by atoms with Gasteiger partial charge in [-0.15, -0.1) is 0 Å². The third-order valence-corrected chi connectivity index (χ3v) is 2.29. The molecule has 0 spiro atoms. The van der Waals surface area contributed by atoms with Gasteiger partial charge in [-0.1, -0.05) is 0 Å². The van der Waals surface area contributed by atoms with E-state index in [1.165, 1.54) is 12.1 Å². The van der Waals surface area contributed by atoms with Crippen LogP contribution in [0.25, 0.3) is 11.3 Å². The highest BCUT2D eigenvalue weighted by atomic mass is 19.2. The summed E-state index contributed by atoms with van der Waals surface area (Å²) in [6.45, 7) is 0. The first-order chi connectivity index (χ1) is 8.45. The highest BCUT2D eigenvalue weighted by Crippen LogP contribution is 2.32. The minimum atomic E-state index is -2.22. The summed E-state index contributed by atoms with van der Waals surface area (Å²) in [5, 5.41) is 0. The van der Waals surface area contributed by atoms with E-state index in [9.17, 15) is 22.0 Å². The van der Waals surface area contributed by atoms with E-state index in [2.05, 4.69) is 4.98 Å². The summed E-state index contributed by atoms with van der Waals surface area (Å²) in [6.07, 6.45) is 1.13. The van der Waals surface area contributed by atoms with E-state index in [1.807, 2.05) is 0 Å². The first-order valence-electron chi connectivity index (χ1n) is 4.67. The van der Waals surface area contributed by atoms with Gasteiger partial charge in [0.05, 0.1) is 16.9 Å². The molecule has 1 aromatic heterocycles. The Morgan fingerprint density at radius 2 is 1.33 bits per heavy atom. The number of hydrogen-bond donors (Lipinski definition) is 1. The van der Waals surface area contributed by atoms with Crippen LogP contribution in [0.15, 0.2) is 18.3 Å². The van der Waals surface area contributed by atoms with Gasteiger partial charge in [0.1, 0.15) is 0 Å². The maximum absolute atomic E-state index is 13.5. The van der Waals surface area contributed by atoms with Crippen molar-refractivity contribution in [3.63, 3.8) is 0 Å². The van der Waals surface area contributed by atoms with E-state index in [1.54, 1.807) is 0 Å². The SMILES string of the molecule is Nc1cccnc1-c1c(F)c(F)c(F)c(F)c1F. The maximum atomic E-state index is 13.5. The molecule has 0 bridgehead atoms. The topological polar surface area (TPSA) is 38.9 Å². The van der Waals surface area contributed by atoms with Gasteiger partial charge in [-0.2, -0.15) is 0 Å². The van der Waals surface area contributed by atoms with E-state index in [-0.39, 0.29) is 5.69 Å². The molecule has 18 heavy (non-hydrogen) atoms. The lowest BCUT2D eigenvalue weighted by Crippen LogP contribution is -2.06.